The third kappa shape index (κ3) is 5.26. The number of benzene rings is 2. The van der Waals surface area contributed by atoms with E-state index in [0.717, 1.165) is 5.56 Å². The van der Waals surface area contributed by atoms with Gasteiger partial charge in [-0.05, 0) is 38.5 Å². The molecule has 1 atom stereocenters. The van der Waals surface area contributed by atoms with Gasteiger partial charge in [-0.3, -0.25) is 4.79 Å². The minimum atomic E-state index is -0.741. The van der Waals surface area contributed by atoms with Crippen molar-refractivity contribution in [2.45, 2.75) is 39.0 Å². The molecule has 7 heteroatoms. The van der Waals surface area contributed by atoms with Crippen LogP contribution in [0.15, 0.2) is 48.5 Å². The van der Waals surface area contributed by atoms with Gasteiger partial charge in [0.15, 0.2) is 0 Å². The maximum absolute atomic E-state index is 12.9. The lowest BCUT2D eigenvalue weighted by atomic mass is 10.1. The van der Waals surface area contributed by atoms with Crippen molar-refractivity contribution < 1.29 is 19.1 Å². The average Bonchev–Trinajstić information content (AvgIpc) is 2.64. The highest BCUT2D eigenvalue weighted by molar-refractivity contribution is 6.01. The third-order valence-electron chi connectivity index (χ3n) is 4.31. The van der Waals surface area contributed by atoms with Crippen molar-refractivity contribution in [3.63, 3.8) is 0 Å². The van der Waals surface area contributed by atoms with E-state index in [1.165, 1.54) is 7.11 Å². The van der Waals surface area contributed by atoms with Gasteiger partial charge < -0.3 is 25.0 Å². The molecule has 0 aromatic heterocycles. The summed E-state index contributed by atoms with van der Waals surface area (Å²) in [7, 11) is 1.53. The summed E-state index contributed by atoms with van der Waals surface area (Å²) in [6, 6.07) is 14.7. The molecular formula is C22H27N3O4. The van der Waals surface area contributed by atoms with Crippen molar-refractivity contribution in [3.05, 3.63) is 54.1 Å². The molecule has 0 fully saturated rings. The molecule has 3 amide bonds. The van der Waals surface area contributed by atoms with E-state index in [1.54, 1.807) is 23.1 Å². The summed E-state index contributed by atoms with van der Waals surface area (Å²) in [5, 5.41) is 5.66. The zero-order chi connectivity index (χ0) is 21.0. The van der Waals surface area contributed by atoms with Gasteiger partial charge >= 0.3 is 6.03 Å². The lowest BCUT2D eigenvalue weighted by Crippen LogP contribution is -2.47. The fourth-order valence-electron chi connectivity index (χ4n) is 3.09. The molecule has 0 spiro atoms. The molecule has 1 aliphatic heterocycles. The highest BCUT2D eigenvalue weighted by Gasteiger charge is 2.34. The van der Waals surface area contributed by atoms with E-state index >= 15 is 0 Å². The Morgan fingerprint density at radius 3 is 2.55 bits per heavy atom. The van der Waals surface area contributed by atoms with Gasteiger partial charge in [-0.1, -0.05) is 30.3 Å². The summed E-state index contributed by atoms with van der Waals surface area (Å²) < 4.78 is 11.1. The van der Waals surface area contributed by atoms with Crippen molar-refractivity contribution in [1.82, 2.24) is 5.32 Å². The Morgan fingerprint density at radius 2 is 1.90 bits per heavy atom. The maximum atomic E-state index is 12.9. The number of nitrogens with one attached hydrogen (secondary N) is 2. The molecule has 0 saturated carbocycles. The minimum Gasteiger partial charge on any atom is -0.476 e. The predicted octanol–water partition coefficient (Wildman–Crippen LogP) is 3.55. The quantitative estimate of drug-likeness (QED) is 0.809. The van der Waals surface area contributed by atoms with Crippen molar-refractivity contribution in [2.24, 2.45) is 0 Å². The van der Waals surface area contributed by atoms with Crippen LogP contribution in [-0.4, -0.2) is 37.3 Å². The number of nitrogens with zero attached hydrogens (tertiary/aromatic N) is 1. The van der Waals surface area contributed by atoms with Crippen LogP contribution >= 0.6 is 0 Å². The summed E-state index contributed by atoms with van der Waals surface area (Å²) in [6.45, 7) is 6.29. The van der Waals surface area contributed by atoms with Crippen LogP contribution < -0.4 is 20.3 Å². The Bertz CT molecular complexity index is 877. The highest BCUT2D eigenvalue weighted by atomic mass is 16.5. The number of rotatable bonds is 5. The van der Waals surface area contributed by atoms with Crippen LogP contribution in [0, 0.1) is 0 Å². The van der Waals surface area contributed by atoms with Gasteiger partial charge in [-0.2, -0.15) is 0 Å². The van der Waals surface area contributed by atoms with Gasteiger partial charge in [0.25, 0.3) is 5.91 Å². The molecule has 2 aromatic carbocycles. The number of ether oxygens (including phenoxy) is 2. The summed E-state index contributed by atoms with van der Waals surface area (Å²) in [4.78, 5) is 26.8. The molecule has 0 saturated heterocycles. The van der Waals surface area contributed by atoms with Crippen LogP contribution in [-0.2, 0) is 16.1 Å². The summed E-state index contributed by atoms with van der Waals surface area (Å²) in [5.41, 5.74) is 1.90. The molecule has 2 aromatic rings. The second-order valence-electron chi connectivity index (χ2n) is 7.98. The Hall–Kier alpha value is -3.06. The summed E-state index contributed by atoms with van der Waals surface area (Å²) in [6.07, 6.45) is -0.741. The number of fused-ring (bicyclic) bond motifs is 1. The van der Waals surface area contributed by atoms with E-state index in [0.29, 0.717) is 23.7 Å². The van der Waals surface area contributed by atoms with Gasteiger partial charge in [0.1, 0.15) is 5.75 Å². The molecule has 29 heavy (non-hydrogen) atoms. The summed E-state index contributed by atoms with van der Waals surface area (Å²) >= 11 is 0. The molecular weight excluding hydrogens is 370 g/mol. The van der Waals surface area contributed by atoms with Crippen LogP contribution in [0.3, 0.4) is 0 Å². The smallest absolute Gasteiger partial charge is 0.319 e. The van der Waals surface area contributed by atoms with Crippen molar-refractivity contribution in [2.75, 3.05) is 23.9 Å². The van der Waals surface area contributed by atoms with Gasteiger partial charge in [0.2, 0.25) is 6.10 Å². The van der Waals surface area contributed by atoms with Gasteiger partial charge in [0, 0.05) is 24.4 Å². The van der Waals surface area contributed by atoms with E-state index in [1.807, 2.05) is 51.1 Å². The molecule has 154 valence electrons. The van der Waals surface area contributed by atoms with E-state index < -0.39 is 6.10 Å². The number of hydrogen-bond acceptors (Lipinski definition) is 4. The number of carbonyl (C=O) groups excluding carboxylic acids is 2. The average molecular weight is 397 g/mol. The van der Waals surface area contributed by atoms with E-state index in [2.05, 4.69) is 10.6 Å². The van der Waals surface area contributed by atoms with Crippen LogP contribution in [0.25, 0.3) is 0 Å². The highest BCUT2D eigenvalue weighted by Crippen LogP contribution is 2.37. The fraction of sp³-hybridized carbons (Fsp3) is 0.364. The number of urea groups is 1. The Labute approximate surface area is 171 Å². The Morgan fingerprint density at radius 1 is 1.17 bits per heavy atom. The number of amides is 3. The Kier molecular flexibility index (Phi) is 6.08. The van der Waals surface area contributed by atoms with Gasteiger partial charge in [-0.25, -0.2) is 4.79 Å². The molecule has 0 unspecified atom stereocenters. The van der Waals surface area contributed by atoms with Crippen LogP contribution in [0.5, 0.6) is 5.75 Å². The van der Waals surface area contributed by atoms with Gasteiger partial charge in [0.05, 0.1) is 18.8 Å². The number of anilines is 2. The monoisotopic (exact) mass is 397 g/mol. The Balaban J connectivity index is 1.87. The van der Waals surface area contributed by atoms with Crippen LogP contribution in [0.1, 0.15) is 26.3 Å². The normalized spacial score (nSPS) is 16.1. The number of methoxy groups -OCH3 is 1. The van der Waals surface area contributed by atoms with Crippen molar-refractivity contribution in [1.29, 1.82) is 0 Å². The zero-order valence-electron chi connectivity index (χ0n) is 17.2. The SMILES string of the molecule is COC[C@@H]1Oc2cc(NC(=O)NC(C)(C)C)ccc2N(Cc2ccccc2)C1=O. The molecule has 3 rings (SSSR count). The fourth-order valence-corrected chi connectivity index (χ4v) is 3.09. The van der Waals surface area contributed by atoms with Crippen molar-refractivity contribution >= 4 is 23.3 Å². The minimum absolute atomic E-state index is 0.145. The van der Waals surface area contributed by atoms with E-state index in [-0.39, 0.29) is 24.1 Å². The molecule has 1 aliphatic rings. The molecule has 0 bridgehead atoms. The maximum Gasteiger partial charge on any atom is 0.319 e. The first-order valence-corrected chi connectivity index (χ1v) is 9.51. The first-order valence-electron chi connectivity index (χ1n) is 9.51. The number of carbonyl (C=O) groups is 2. The second-order valence-corrected chi connectivity index (χ2v) is 7.98. The van der Waals surface area contributed by atoms with Crippen LogP contribution in [0.2, 0.25) is 0 Å². The molecule has 7 nitrogen and oxygen atoms in total. The largest absolute Gasteiger partial charge is 0.476 e. The molecule has 0 aliphatic carbocycles. The van der Waals surface area contributed by atoms with E-state index in [9.17, 15) is 9.59 Å². The first kappa shape index (κ1) is 20.7. The lowest BCUT2D eigenvalue weighted by molar-refractivity contribution is -0.128. The zero-order valence-corrected chi connectivity index (χ0v) is 17.2. The first-order chi connectivity index (χ1) is 13.8. The third-order valence-corrected chi connectivity index (χ3v) is 4.31. The molecule has 0 radical (unpaired) electrons. The number of hydrogen-bond donors (Lipinski definition) is 2. The molecule has 1 heterocycles. The lowest BCUT2D eigenvalue weighted by Gasteiger charge is -2.34. The second kappa shape index (κ2) is 8.53. The predicted molar refractivity (Wildman–Crippen MR) is 112 cm³/mol. The van der Waals surface area contributed by atoms with E-state index in [4.69, 9.17) is 9.47 Å². The molecule has 2 N–H and O–H groups in total. The summed E-state index contributed by atoms with van der Waals surface area (Å²) in [5.74, 6) is 0.366. The van der Waals surface area contributed by atoms with Crippen molar-refractivity contribution in [3.8, 4) is 5.75 Å². The van der Waals surface area contributed by atoms with Crippen LogP contribution in [0.4, 0.5) is 16.2 Å². The van der Waals surface area contributed by atoms with Gasteiger partial charge in [-0.15, -0.1) is 0 Å². The topological polar surface area (TPSA) is 79.9 Å². The standard InChI is InChI=1S/C22H27N3O4/c1-22(2,3)24-21(27)23-16-10-11-17-18(12-16)29-19(14-28-4)20(26)25(17)13-15-8-6-5-7-9-15/h5-12,19H,13-14H2,1-4H3,(H2,23,24,27)/t19-/m0/s1.